The highest BCUT2D eigenvalue weighted by molar-refractivity contribution is 8.16. The average Bonchev–Trinajstić information content (AvgIpc) is 3.63. The SMILES string of the molecule is CCOC(=O)C1=C(c2ccccc2)N=C2SC=C(CC(=O)N3CCCC3)N2C1c1cc(OC)cc(OC)c1. The molecule has 1 amide bonds. The van der Waals surface area contributed by atoms with Crippen LogP contribution >= 0.6 is 11.8 Å². The van der Waals surface area contributed by atoms with Gasteiger partial charge in [-0.05, 0) is 42.9 Å². The number of hydrogen-bond donors (Lipinski definition) is 0. The fraction of sp³-hybridized carbons (Fsp3) is 0.345. The molecule has 198 valence electrons. The van der Waals surface area contributed by atoms with Gasteiger partial charge >= 0.3 is 5.97 Å². The second-order valence-corrected chi connectivity index (χ2v) is 9.99. The molecule has 0 aliphatic carbocycles. The molecule has 3 aliphatic rings. The summed E-state index contributed by atoms with van der Waals surface area (Å²) in [6, 6.07) is 14.6. The Hall–Kier alpha value is -3.72. The highest BCUT2D eigenvalue weighted by atomic mass is 32.2. The van der Waals surface area contributed by atoms with Crippen molar-refractivity contribution in [1.82, 2.24) is 9.80 Å². The van der Waals surface area contributed by atoms with Crippen LogP contribution in [0.2, 0.25) is 0 Å². The number of carbonyl (C=O) groups is 2. The smallest absolute Gasteiger partial charge is 0.338 e. The van der Waals surface area contributed by atoms with Crippen molar-refractivity contribution in [2.24, 2.45) is 4.99 Å². The van der Waals surface area contributed by atoms with Gasteiger partial charge in [0.1, 0.15) is 11.5 Å². The number of ether oxygens (including phenoxy) is 3. The number of benzene rings is 2. The van der Waals surface area contributed by atoms with Gasteiger partial charge in [-0.15, -0.1) is 0 Å². The number of amides is 1. The molecule has 0 radical (unpaired) electrons. The van der Waals surface area contributed by atoms with Gasteiger partial charge in [-0.1, -0.05) is 42.1 Å². The first-order valence-electron chi connectivity index (χ1n) is 12.7. The number of esters is 1. The number of methoxy groups -OCH3 is 2. The number of fused-ring (bicyclic) bond motifs is 1. The zero-order valence-corrected chi connectivity index (χ0v) is 22.6. The number of likely N-dealkylation sites (tertiary alicyclic amines) is 1. The zero-order chi connectivity index (χ0) is 26.6. The third kappa shape index (κ3) is 5.03. The van der Waals surface area contributed by atoms with Crippen LogP contribution in [0.25, 0.3) is 5.70 Å². The molecule has 0 aromatic heterocycles. The summed E-state index contributed by atoms with van der Waals surface area (Å²) >= 11 is 1.46. The largest absolute Gasteiger partial charge is 0.497 e. The average molecular weight is 534 g/mol. The van der Waals surface area contributed by atoms with Crippen LogP contribution in [-0.2, 0) is 14.3 Å². The molecule has 1 fully saturated rings. The van der Waals surface area contributed by atoms with Crippen molar-refractivity contribution in [3.8, 4) is 11.5 Å². The summed E-state index contributed by atoms with van der Waals surface area (Å²) in [6.45, 7) is 3.57. The molecular weight excluding hydrogens is 502 g/mol. The minimum Gasteiger partial charge on any atom is -0.497 e. The summed E-state index contributed by atoms with van der Waals surface area (Å²) in [5.41, 5.74) is 3.33. The molecule has 2 aromatic rings. The van der Waals surface area contributed by atoms with Crippen LogP contribution in [0.4, 0.5) is 0 Å². The minimum atomic E-state index is -0.603. The van der Waals surface area contributed by atoms with Crippen LogP contribution in [0.5, 0.6) is 11.5 Å². The quantitative estimate of drug-likeness (QED) is 0.442. The molecule has 5 rings (SSSR count). The van der Waals surface area contributed by atoms with E-state index in [4.69, 9.17) is 19.2 Å². The van der Waals surface area contributed by atoms with Gasteiger partial charge in [0.2, 0.25) is 5.91 Å². The number of rotatable bonds is 8. The molecule has 9 heteroatoms. The van der Waals surface area contributed by atoms with E-state index in [2.05, 4.69) is 0 Å². The normalized spacial score (nSPS) is 18.7. The van der Waals surface area contributed by atoms with Crippen molar-refractivity contribution in [3.05, 3.63) is 76.3 Å². The summed E-state index contributed by atoms with van der Waals surface area (Å²) in [4.78, 5) is 35.7. The summed E-state index contributed by atoms with van der Waals surface area (Å²) in [7, 11) is 3.19. The molecule has 8 nitrogen and oxygen atoms in total. The Bertz CT molecular complexity index is 1290. The van der Waals surface area contributed by atoms with E-state index in [1.54, 1.807) is 27.2 Å². The van der Waals surface area contributed by atoms with Crippen molar-refractivity contribution >= 4 is 34.5 Å². The standard InChI is InChI=1S/C29H31N3O5S/c1-4-37-28(34)25-26(19-10-6-5-7-11-19)30-29-32(21(18-38-29)16-24(33)31-12-8-9-13-31)27(25)20-14-22(35-2)17-23(15-20)36-3/h5-7,10-11,14-15,17-18,27H,4,8-9,12-13,16H2,1-3H3. The fourth-order valence-corrected chi connectivity index (χ4v) is 5.94. The third-order valence-corrected chi connectivity index (χ3v) is 7.72. The zero-order valence-electron chi connectivity index (χ0n) is 21.8. The van der Waals surface area contributed by atoms with Crippen molar-refractivity contribution in [2.45, 2.75) is 32.2 Å². The van der Waals surface area contributed by atoms with Gasteiger partial charge in [0.15, 0.2) is 5.17 Å². The van der Waals surface area contributed by atoms with E-state index < -0.39 is 12.0 Å². The molecular formula is C29H31N3O5S. The van der Waals surface area contributed by atoms with Crippen molar-refractivity contribution in [1.29, 1.82) is 0 Å². The maximum Gasteiger partial charge on any atom is 0.338 e. The van der Waals surface area contributed by atoms with Gasteiger partial charge in [0.05, 0.1) is 44.6 Å². The second kappa shape index (κ2) is 11.3. The number of aliphatic imine (C=N–C) groups is 1. The van der Waals surface area contributed by atoms with Crippen molar-refractivity contribution in [3.63, 3.8) is 0 Å². The molecule has 1 saturated heterocycles. The summed E-state index contributed by atoms with van der Waals surface area (Å²) < 4.78 is 16.7. The lowest BCUT2D eigenvalue weighted by atomic mass is 9.91. The lowest BCUT2D eigenvalue weighted by Crippen LogP contribution is -2.38. The first-order valence-corrected chi connectivity index (χ1v) is 13.6. The summed E-state index contributed by atoms with van der Waals surface area (Å²) in [6.07, 6.45) is 2.27. The predicted octanol–water partition coefficient (Wildman–Crippen LogP) is 4.99. The Balaban J connectivity index is 1.67. The first-order chi connectivity index (χ1) is 18.5. The van der Waals surface area contributed by atoms with Gasteiger partial charge in [-0.25, -0.2) is 9.79 Å². The van der Waals surface area contributed by atoms with Gasteiger partial charge in [-0.3, -0.25) is 4.79 Å². The first kappa shape index (κ1) is 25.9. The third-order valence-electron chi connectivity index (χ3n) is 6.83. The van der Waals surface area contributed by atoms with E-state index in [0.29, 0.717) is 27.9 Å². The van der Waals surface area contributed by atoms with E-state index in [-0.39, 0.29) is 18.9 Å². The number of nitrogens with zero attached hydrogens (tertiary/aromatic N) is 3. The molecule has 3 heterocycles. The topological polar surface area (TPSA) is 80.7 Å². The fourth-order valence-electron chi connectivity index (χ4n) is 5.02. The van der Waals surface area contributed by atoms with E-state index >= 15 is 0 Å². The van der Waals surface area contributed by atoms with Crippen molar-refractivity contribution < 1.29 is 23.8 Å². The van der Waals surface area contributed by atoms with Crippen LogP contribution in [-0.4, -0.2) is 60.8 Å². The van der Waals surface area contributed by atoms with Gasteiger partial charge in [-0.2, -0.15) is 0 Å². The number of thioether (sulfide) groups is 1. The van der Waals surface area contributed by atoms with Crippen LogP contribution in [0.3, 0.4) is 0 Å². The Morgan fingerprint density at radius 2 is 1.71 bits per heavy atom. The Labute approximate surface area is 226 Å². The number of hydrogen-bond acceptors (Lipinski definition) is 8. The second-order valence-electron chi connectivity index (χ2n) is 9.15. The molecule has 0 saturated carbocycles. The number of amidine groups is 1. The molecule has 38 heavy (non-hydrogen) atoms. The van der Waals surface area contributed by atoms with Crippen LogP contribution in [0.15, 0.2) is 70.2 Å². The molecule has 0 spiro atoms. The van der Waals surface area contributed by atoms with E-state index in [1.165, 1.54) is 11.8 Å². The lowest BCUT2D eigenvalue weighted by molar-refractivity contribution is -0.139. The molecule has 1 unspecified atom stereocenters. The molecule has 1 atom stereocenters. The van der Waals surface area contributed by atoms with Crippen LogP contribution in [0.1, 0.15) is 43.4 Å². The van der Waals surface area contributed by atoms with Crippen molar-refractivity contribution in [2.75, 3.05) is 33.9 Å². The summed E-state index contributed by atoms with van der Waals surface area (Å²) in [5.74, 6) is 0.813. The van der Waals surface area contributed by atoms with Gasteiger partial charge < -0.3 is 24.0 Å². The number of carbonyl (C=O) groups excluding carboxylic acids is 2. The van der Waals surface area contributed by atoms with Gasteiger partial charge in [0.25, 0.3) is 0 Å². The molecule has 2 aromatic carbocycles. The van der Waals surface area contributed by atoms with E-state index in [9.17, 15) is 9.59 Å². The maximum atomic E-state index is 13.7. The van der Waals surface area contributed by atoms with E-state index in [1.807, 2.05) is 57.7 Å². The van der Waals surface area contributed by atoms with Gasteiger partial charge in [0, 0.05) is 30.4 Å². The molecule has 3 aliphatic heterocycles. The highest BCUT2D eigenvalue weighted by Gasteiger charge is 2.43. The minimum absolute atomic E-state index is 0.0769. The predicted molar refractivity (Wildman–Crippen MR) is 148 cm³/mol. The van der Waals surface area contributed by atoms with Crippen LogP contribution < -0.4 is 9.47 Å². The highest BCUT2D eigenvalue weighted by Crippen LogP contribution is 2.48. The molecule has 0 bridgehead atoms. The van der Waals surface area contributed by atoms with Crippen LogP contribution in [0, 0.1) is 0 Å². The lowest BCUT2D eigenvalue weighted by Gasteiger charge is -2.37. The Morgan fingerprint density at radius 3 is 2.34 bits per heavy atom. The Kier molecular flexibility index (Phi) is 7.74. The Morgan fingerprint density at radius 1 is 1.03 bits per heavy atom. The summed E-state index contributed by atoms with van der Waals surface area (Å²) in [5, 5.41) is 2.67. The maximum absolute atomic E-state index is 13.7. The monoisotopic (exact) mass is 533 g/mol. The van der Waals surface area contributed by atoms with E-state index in [0.717, 1.165) is 42.8 Å². The molecule has 0 N–H and O–H groups in total.